The van der Waals surface area contributed by atoms with Crippen LogP contribution in [0.15, 0.2) is 55.0 Å². The summed E-state index contributed by atoms with van der Waals surface area (Å²) in [6.45, 7) is 3.70. The number of thiophene rings is 1. The molecule has 0 aliphatic carbocycles. The number of aromatic amines is 1. The number of nitrogens with zero attached hydrogens (tertiary/aromatic N) is 5. The SMILES string of the molecule is Cc1nccn1Cc1ccc(Nc2nc(-c3cc4c(s3)CCN(C(=O)O)C4)c3cc[nH]c3n2)cc1. The Labute approximate surface area is 205 Å². The standard InChI is InChI=1S/C25H23N7O2S/c1-15-26-9-11-31(15)13-16-2-4-18(5-3-16)28-24-29-22(19-6-8-27-23(19)30-24)21-12-17-14-32(25(33)34)10-7-20(17)35-21/h2-6,8-9,11-12H,7,10,13-14H2,1H3,(H,33,34)(H2,27,28,29,30). The van der Waals surface area contributed by atoms with E-state index >= 15 is 0 Å². The van der Waals surface area contributed by atoms with Gasteiger partial charge in [0.1, 0.15) is 11.5 Å². The van der Waals surface area contributed by atoms with Gasteiger partial charge in [0.2, 0.25) is 5.95 Å². The molecule has 5 heterocycles. The van der Waals surface area contributed by atoms with Gasteiger partial charge in [-0.25, -0.2) is 14.8 Å². The number of anilines is 2. The van der Waals surface area contributed by atoms with Crippen molar-refractivity contribution in [1.82, 2.24) is 29.4 Å². The second-order valence-electron chi connectivity index (χ2n) is 8.57. The lowest BCUT2D eigenvalue weighted by Crippen LogP contribution is -2.33. The average molecular weight is 486 g/mol. The molecule has 35 heavy (non-hydrogen) atoms. The zero-order valence-electron chi connectivity index (χ0n) is 19.0. The van der Waals surface area contributed by atoms with Gasteiger partial charge in [-0.15, -0.1) is 11.3 Å². The van der Waals surface area contributed by atoms with Gasteiger partial charge in [-0.1, -0.05) is 12.1 Å². The Morgan fingerprint density at radius 1 is 1.23 bits per heavy atom. The number of nitrogens with one attached hydrogen (secondary N) is 2. The largest absolute Gasteiger partial charge is 0.465 e. The molecule has 0 bridgehead atoms. The molecule has 4 aromatic heterocycles. The van der Waals surface area contributed by atoms with Crippen LogP contribution in [0.3, 0.4) is 0 Å². The number of carbonyl (C=O) groups is 1. The number of hydrogen-bond acceptors (Lipinski definition) is 6. The van der Waals surface area contributed by atoms with E-state index in [0.717, 1.165) is 51.6 Å². The van der Waals surface area contributed by atoms with E-state index in [1.807, 2.05) is 43.7 Å². The normalized spacial score (nSPS) is 13.2. The van der Waals surface area contributed by atoms with Crippen molar-refractivity contribution in [2.45, 2.75) is 26.4 Å². The number of benzene rings is 1. The first-order chi connectivity index (χ1) is 17.0. The number of imidazole rings is 1. The van der Waals surface area contributed by atoms with Gasteiger partial charge in [0.15, 0.2) is 0 Å². The van der Waals surface area contributed by atoms with Crippen molar-refractivity contribution in [1.29, 1.82) is 0 Å². The quantitative estimate of drug-likeness (QED) is 0.322. The second kappa shape index (κ2) is 8.55. The molecular weight excluding hydrogens is 462 g/mol. The van der Waals surface area contributed by atoms with Crippen LogP contribution in [0.1, 0.15) is 21.8 Å². The molecule has 0 atom stereocenters. The van der Waals surface area contributed by atoms with Gasteiger partial charge in [0, 0.05) is 47.6 Å². The van der Waals surface area contributed by atoms with Crippen molar-refractivity contribution in [3.05, 3.63) is 76.8 Å². The van der Waals surface area contributed by atoms with E-state index in [4.69, 9.17) is 4.98 Å². The summed E-state index contributed by atoms with van der Waals surface area (Å²) in [7, 11) is 0. The number of H-pyrrole nitrogens is 1. The van der Waals surface area contributed by atoms with E-state index in [0.29, 0.717) is 19.0 Å². The fraction of sp³-hybridized carbons (Fsp3) is 0.200. The Morgan fingerprint density at radius 2 is 2.09 bits per heavy atom. The summed E-state index contributed by atoms with van der Waals surface area (Å²) in [5.74, 6) is 1.49. The van der Waals surface area contributed by atoms with Crippen molar-refractivity contribution in [2.24, 2.45) is 0 Å². The number of fused-ring (bicyclic) bond motifs is 2. The first-order valence-corrected chi connectivity index (χ1v) is 12.1. The number of rotatable bonds is 5. The number of amides is 1. The Bertz CT molecular complexity index is 1530. The van der Waals surface area contributed by atoms with Crippen molar-refractivity contribution >= 4 is 40.1 Å². The van der Waals surface area contributed by atoms with Gasteiger partial charge in [0.25, 0.3) is 0 Å². The monoisotopic (exact) mass is 485 g/mol. The molecule has 1 aromatic carbocycles. The van der Waals surface area contributed by atoms with Gasteiger partial charge < -0.3 is 24.9 Å². The van der Waals surface area contributed by atoms with Crippen LogP contribution in [0.25, 0.3) is 21.6 Å². The molecule has 10 heteroatoms. The molecule has 0 unspecified atom stereocenters. The molecule has 6 rings (SSSR count). The maximum Gasteiger partial charge on any atom is 0.407 e. The minimum absolute atomic E-state index is 0.415. The zero-order chi connectivity index (χ0) is 23.9. The van der Waals surface area contributed by atoms with Gasteiger partial charge in [-0.05, 0) is 48.7 Å². The maximum atomic E-state index is 11.4. The predicted octanol–water partition coefficient (Wildman–Crippen LogP) is 5.02. The van der Waals surface area contributed by atoms with E-state index in [2.05, 4.69) is 43.0 Å². The summed E-state index contributed by atoms with van der Waals surface area (Å²) in [5.41, 5.74) is 4.72. The minimum Gasteiger partial charge on any atom is -0.465 e. The fourth-order valence-corrected chi connectivity index (χ4v) is 5.55. The van der Waals surface area contributed by atoms with Crippen molar-refractivity contribution < 1.29 is 9.90 Å². The minimum atomic E-state index is -0.879. The third-order valence-corrected chi connectivity index (χ3v) is 7.52. The molecule has 0 spiro atoms. The Balaban J connectivity index is 1.28. The van der Waals surface area contributed by atoms with E-state index in [1.54, 1.807) is 11.3 Å². The van der Waals surface area contributed by atoms with Crippen molar-refractivity contribution in [3.8, 4) is 10.6 Å². The van der Waals surface area contributed by atoms with E-state index in [1.165, 1.54) is 15.3 Å². The number of aryl methyl sites for hydroxylation is 1. The first-order valence-electron chi connectivity index (χ1n) is 11.3. The summed E-state index contributed by atoms with van der Waals surface area (Å²) in [6, 6.07) is 12.3. The Kier molecular flexibility index (Phi) is 5.22. The molecule has 1 aliphatic rings. The first kappa shape index (κ1) is 21.4. The number of carboxylic acid groups (broad SMARTS) is 1. The topological polar surface area (TPSA) is 112 Å². The smallest absolute Gasteiger partial charge is 0.407 e. The lowest BCUT2D eigenvalue weighted by molar-refractivity contribution is 0.140. The van der Waals surface area contributed by atoms with Crippen LogP contribution in [0.2, 0.25) is 0 Å². The van der Waals surface area contributed by atoms with Crippen LogP contribution in [-0.2, 0) is 19.5 Å². The number of hydrogen-bond donors (Lipinski definition) is 3. The van der Waals surface area contributed by atoms with Gasteiger partial charge in [0.05, 0.1) is 17.1 Å². The third-order valence-electron chi connectivity index (χ3n) is 6.27. The Hall–Kier alpha value is -4.18. The zero-order valence-corrected chi connectivity index (χ0v) is 19.8. The van der Waals surface area contributed by atoms with Crippen LogP contribution in [-0.4, -0.2) is 47.1 Å². The van der Waals surface area contributed by atoms with Crippen molar-refractivity contribution in [3.63, 3.8) is 0 Å². The summed E-state index contributed by atoms with van der Waals surface area (Å²) >= 11 is 1.68. The molecule has 176 valence electrons. The lowest BCUT2D eigenvalue weighted by atomic mass is 10.1. The van der Waals surface area contributed by atoms with Gasteiger partial charge >= 0.3 is 6.09 Å². The highest BCUT2D eigenvalue weighted by Crippen LogP contribution is 2.37. The van der Waals surface area contributed by atoms with Crippen LogP contribution < -0.4 is 5.32 Å². The summed E-state index contributed by atoms with van der Waals surface area (Å²) < 4.78 is 2.10. The lowest BCUT2D eigenvalue weighted by Gasteiger charge is -2.23. The highest BCUT2D eigenvalue weighted by Gasteiger charge is 2.24. The van der Waals surface area contributed by atoms with E-state index in [9.17, 15) is 9.90 Å². The predicted molar refractivity (Wildman–Crippen MR) is 135 cm³/mol. The van der Waals surface area contributed by atoms with Crippen LogP contribution in [0.5, 0.6) is 0 Å². The molecule has 0 radical (unpaired) electrons. The highest BCUT2D eigenvalue weighted by atomic mass is 32.1. The number of aromatic nitrogens is 5. The molecule has 3 N–H and O–H groups in total. The average Bonchev–Trinajstić information content (AvgIpc) is 3.59. The van der Waals surface area contributed by atoms with Crippen LogP contribution >= 0.6 is 11.3 Å². The molecule has 5 aromatic rings. The van der Waals surface area contributed by atoms with Crippen LogP contribution in [0, 0.1) is 6.92 Å². The Morgan fingerprint density at radius 3 is 2.86 bits per heavy atom. The van der Waals surface area contributed by atoms with Gasteiger partial charge in [-0.2, -0.15) is 4.98 Å². The molecule has 9 nitrogen and oxygen atoms in total. The van der Waals surface area contributed by atoms with E-state index in [-0.39, 0.29) is 0 Å². The molecular formula is C25H23N7O2S. The third kappa shape index (κ3) is 4.12. The molecule has 1 amide bonds. The summed E-state index contributed by atoms with van der Waals surface area (Å²) in [5, 5.41) is 13.6. The van der Waals surface area contributed by atoms with Gasteiger partial charge in [-0.3, -0.25) is 0 Å². The maximum absolute atomic E-state index is 11.4. The molecule has 0 saturated carbocycles. The summed E-state index contributed by atoms with van der Waals surface area (Å²) in [4.78, 5) is 32.1. The highest BCUT2D eigenvalue weighted by molar-refractivity contribution is 7.15. The fourth-order valence-electron chi connectivity index (χ4n) is 4.39. The molecule has 1 aliphatic heterocycles. The van der Waals surface area contributed by atoms with Crippen molar-refractivity contribution in [2.75, 3.05) is 11.9 Å². The molecule has 0 fully saturated rings. The second-order valence-corrected chi connectivity index (χ2v) is 9.71. The molecule has 0 saturated heterocycles. The summed E-state index contributed by atoms with van der Waals surface area (Å²) in [6.07, 6.45) is 5.49. The van der Waals surface area contributed by atoms with E-state index < -0.39 is 6.09 Å². The van der Waals surface area contributed by atoms with Crippen LogP contribution in [0.4, 0.5) is 16.4 Å².